The molecule has 112 valence electrons. The Hall–Kier alpha value is -2.55. The molecule has 0 aliphatic rings. The van der Waals surface area contributed by atoms with Gasteiger partial charge in [-0.05, 0) is 35.2 Å². The van der Waals surface area contributed by atoms with Gasteiger partial charge in [0.25, 0.3) is 0 Å². The molecule has 2 aromatic carbocycles. The number of methoxy groups -OCH3 is 2. The summed E-state index contributed by atoms with van der Waals surface area (Å²) in [5, 5.41) is 2.43. The van der Waals surface area contributed by atoms with Crippen molar-refractivity contribution in [3.63, 3.8) is 0 Å². The number of fused-ring (bicyclic) bond motifs is 1. The second kappa shape index (κ2) is 6.06. The monoisotopic (exact) mass is 294 g/mol. The summed E-state index contributed by atoms with van der Waals surface area (Å²) in [6, 6.07) is 16.5. The van der Waals surface area contributed by atoms with Crippen molar-refractivity contribution in [3.05, 3.63) is 66.0 Å². The molecule has 0 unspecified atom stereocenters. The minimum absolute atomic E-state index is 0.845. The lowest BCUT2D eigenvalue weighted by Crippen LogP contribution is -2.33. The molecule has 3 rings (SSSR count). The summed E-state index contributed by atoms with van der Waals surface area (Å²) in [6.07, 6.45) is 2.95. The van der Waals surface area contributed by atoms with E-state index >= 15 is 0 Å². The highest BCUT2D eigenvalue weighted by molar-refractivity contribution is 5.85. The molecule has 3 nitrogen and oxygen atoms in total. The molecule has 0 saturated heterocycles. The van der Waals surface area contributed by atoms with Gasteiger partial charge in [0.2, 0.25) is 0 Å². The van der Waals surface area contributed by atoms with Crippen molar-refractivity contribution in [1.29, 1.82) is 0 Å². The van der Waals surface area contributed by atoms with Gasteiger partial charge in [-0.3, -0.25) is 0 Å². The van der Waals surface area contributed by atoms with E-state index in [9.17, 15) is 0 Å². The predicted octanol–water partition coefficient (Wildman–Crippen LogP) is 3.27. The van der Waals surface area contributed by atoms with Crippen molar-refractivity contribution in [3.8, 4) is 11.5 Å². The standard InChI is InChI=1S/C19H20NO2/c1-20-10-9-15-7-8-17(22-3)13-18(15)19(20)12-14-5-4-6-16(11-14)21-2/h4-11,13H,12H2,1-3H3/q+1. The molecule has 3 aromatic rings. The SMILES string of the molecule is COc1cccc(Cc2c3cc(OC)ccc3cc[n+]2C)c1. The average molecular weight is 294 g/mol. The van der Waals surface area contributed by atoms with Crippen LogP contribution in [0.15, 0.2) is 54.7 Å². The predicted molar refractivity (Wildman–Crippen MR) is 87.5 cm³/mol. The number of aryl methyl sites for hydroxylation is 1. The maximum absolute atomic E-state index is 5.37. The van der Waals surface area contributed by atoms with Crippen LogP contribution in [0.25, 0.3) is 10.8 Å². The first kappa shape index (κ1) is 14.4. The largest absolute Gasteiger partial charge is 0.497 e. The Labute approximate surface area is 130 Å². The van der Waals surface area contributed by atoms with Gasteiger partial charge in [-0.15, -0.1) is 0 Å². The zero-order valence-corrected chi connectivity index (χ0v) is 13.2. The van der Waals surface area contributed by atoms with Gasteiger partial charge in [-0.1, -0.05) is 18.2 Å². The maximum Gasteiger partial charge on any atom is 0.193 e. The minimum atomic E-state index is 0.845. The van der Waals surface area contributed by atoms with Gasteiger partial charge in [-0.25, -0.2) is 4.57 Å². The highest BCUT2D eigenvalue weighted by atomic mass is 16.5. The highest BCUT2D eigenvalue weighted by Crippen LogP contribution is 2.24. The topological polar surface area (TPSA) is 22.3 Å². The number of hydrogen-bond donors (Lipinski definition) is 0. The molecule has 0 aliphatic heterocycles. The molecule has 22 heavy (non-hydrogen) atoms. The van der Waals surface area contributed by atoms with Crippen LogP contribution in [0.4, 0.5) is 0 Å². The summed E-state index contributed by atoms with van der Waals surface area (Å²) < 4.78 is 12.9. The van der Waals surface area contributed by atoms with Gasteiger partial charge in [0.05, 0.1) is 26.0 Å². The molecule has 0 amide bonds. The second-order valence-corrected chi connectivity index (χ2v) is 5.35. The quantitative estimate of drug-likeness (QED) is 0.689. The Bertz CT molecular complexity index is 812. The first-order chi connectivity index (χ1) is 10.7. The van der Waals surface area contributed by atoms with Crippen LogP contribution < -0.4 is 14.0 Å². The van der Waals surface area contributed by atoms with E-state index in [0.29, 0.717) is 0 Å². The summed E-state index contributed by atoms with van der Waals surface area (Å²) in [4.78, 5) is 0. The maximum atomic E-state index is 5.37. The van der Waals surface area contributed by atoms with Crippen molar-refractivity contribution >= 4 is 10.8 Å². The van der Waals surface area contributed by atoms with E-state index in [2.05, 4.69) is 48.1 Å². The van der Waals surface area contributed by atoms with Gasteiger partial charge in [0.15, 0.2) is 11.9 Å². The first-order valence-electron chi connectivity index (χ1n) is 7.29. The minimum Gasteiger partial charge on any atom is -0.497 e. The third-order valence-electron chi connectivity index (χ3n) is 3.98. The molecule has 0 saturated carbocycles. The number of rotatable bonds is 4. The van der Waals surface area contributed by atoms with Crippen molar-refractivity contribution in [2.24, 2.45) is 7.05 Å². The molecule has 0 atom stereocenters. The van der Waals surface area contributed by atoms with Crippen LogP contribution >= 0.6 is 0 Å². The van der Waals surface area contributed by atoms with Crippen LogP contribution in [0.5, 0.6) is 11.5 Å². The van der Waals surface area contributed by atoms with Crippen LogP contribution in [0.1, 0.15) is 11.3 Å². The molecule has 0 radical (unpaired) electrons. The Kier molecular flexibility index (Phi) is 3.96. The fourth-order valence-corrected chi connectivity index (χ4v) is 2.73. The number of aromatic nitrogens is 1. The summed E-state index contributed by atoms with van der Waals surface area (Å²) in [6.45, 7) is 0. The molecule has 0 fully saturated rings. The van der Waals surface area contributed by atoms with Crippen LogP contribution in [-0.4, -0.2) is 14.2 Å². The molecule has 1 heterocycles. The summed E-state index contributed by atoms with van der Waals surface area (Å²) in [5.41, 5.74) is 2.48. The van der Waals surface area contributed by atoms with Crippen molar-refractivity contribution in [1.82, 2.24) is 0 Å². The molecule has 0 aliphatic carbocycles. The Balaban J connectivity index is 2.10. The number of pyridine rings is 1. The second-order valence-electron chi connectivity index (χ2n) is 5.35. The van der Waals surface area contributed by atoms with Crippen LogP contribution in [-0.2, 0) is 13.5 Å². The van der Waals surface area contributed by atoms with E-state index in [0.717, 1.165) is 17.9 Å². The zero-order valence-electron chi connectivity index (χ0n) is 13.2. The van der Waals surface area contributed by atoms with E-state index in [-0.39, 0.29) is 0 Å². The van der Waals surface area contributed by atoms with E-state index in [1.165, 1.54) is 22.0 Å². The lowest BCUT2D eigenvalue weighted by molar-refractivity contribution is -0.677. The normalized spacial score (nSPS) is 10.7. The van der Waals surface area contributed by atoms with Crippen molar-refractivity contribution in [2.75, 3.05) is 14.2 Å². The molecule has 0 spiro atoms. The van der Waals surface area contributed by atoms with E-state index in [1.807, 2.05) is 18.2 Å². The molecule has 0 bridgehead atoms. The smallest absolute Gasteiger partial charge is 0.193 e. The van der Waals surface area contributed by atoms with E-state index in [1.54, 1.807) is 14.2 Å². The van der Waals surface area contributed by atoms with Crippen LogP contribution in [0.3, 0.4) is 0 Å². The van der Waals surface area contributed by atoms with Crippen molar-refractivity contribution < 1.29 is 14.0 Å². The number of benzene rings is 2. The fraction of sp³-hybridized carbons (Fsp3) is 0.211. The molecule has 3 heteroatoms. The molecule has 1 aromatic heterocycles. The lowest BCUT2D eigenvalue weighted by Gasteiger charge is -2.08. The van der Waals surface area contributed by atoms with Gasteiger partial charge in [0, 0.05) is 6.07 Å². The van der Waals surface area contributed by atoms with Gasteiger partial charge in [0.1, 0.15) is 18.5 Å². The van der Waals surface area contributed by atoms with Crippen LogP contribution in [0, 0.1) is 0 Å². The molecule has 0 N–H and O–H groups in total. The Morgan fingerprint density at radius 1 is 0.909 bits per heavy atom. The number of ether oxygens (including phenoxy) is 2. The van der Waals surface area contributed by atoms with Crippen LogP contribution in [0.2, 0.25) is 0 Å². The molecular weight excluding hydrogens is 274 g/mol. The van der Waals surface area contributed by atoms with Gasteiger partial charge >= 0.3 is 0 Å². The lowest BCUT2D eigenvalue weighted by atomic mass is 10.0. The molecular formula is C19H20NO2+. The summed E-state index contributed by atoms with van der Waals surface area (Å²) >= 11 is 0. The third kappa shape index (κ3) is 2.75. The van der Waals surface area contributed by atoms with Gasteiger partial charge < -0.3 is 9.47 Å². The van der Waals surface area contributed by atoms with E-state index in [4.69, 9.17) is 9.47 Å². The van der Waals surface area contributed by atoms with Gasteiger partial charge in [-0.2, -0.15) is 0 Å². The Morgan fingerprint density at radius 2 is 1.68 bits per heavy atom. The first-order valence-corrected chi connectivity index (χ1v) is 7.29. The van der Waals surface area contributed by atoms with Crippen molar-refractivity contribution in [2.45, 2.75) is 6.42 Å². The Morgan fingerprint density at radius 3 is 2.45 bits per heavy atom. The zero-order chi connectivity index (χ0) is 15.5. The average Bonchev–Trinajstić information content (AvgIpc) is 2.57. The fourth-order valence-electron chi connectivity index (χ4n) is 2.73. The number of nitrogens with zero attached hydrogens (tertiary/aromatic N) is 1. The third-order valence-corrected chi connectivity index (χ3v) is 3.98. The van der Waals surface area contributed by atoms with E-state index < -0.39 is 0 Å². The summed E-state index contributed by atoms with van der Waals surface area (Å²) in [5.74, 6) is 1.77. The summed E-state index contributed by atoms with van der Waals surface area (Å²) in [7, 11) is 5.47. The highest BCUT2D eigenvalue weighted by Gasteiger charge is 2.14. The number of hydrogen-bond acceptors (Lipinski definition) is 2.